The normalized spacial score (nSPS) is 19.2. The van der Waals surface area contributed by atoms with Gasteiger partial charge in [0.2, 0.25) is 0 Å². The third kappa shape index (κ3) is 2.37. The average Bonchev–Trinajstić information content (AvgIpc) is 3.18. The monoisotopic (exact) mass is 282 g/mol. The number of imidazole rings is 1. The van der Waals surface area contributed by atoms with Crippen LogP contribution in [0, 0.1) is 5.92 Å². The number of hydrogen-bond acceptors (Lipinski definition) is 4. The van der Waals surface area contributed by atoms with Gasteiger partial charge >= 0.3 is 0 Å². The molecule has 0 saturated carbocycles. The van der Waals surface area contributed by atoms with Gasteiger partial charge in [-0.1, -0.05) is 0 Å². The summed E-state index contributed by atoms with van der Waals surface area (Å²) in [5, 5.41) is 1.11. The summed E-state index contributed by atoms with van der Waals surface area (Å²) in [6.07, 6.45) is 11.8. The van der Waals surface area contributed by atoms with Crippen molar-refractivity contribution in [3.05, 3.63) is 37.3 Å². The second-order valence-corrected chi connectivity index (χ2v) is 5.65. The van der Waals surface area contributed by atoms with Crippen molar-refractivity contribution in [2.24, 2.45) is 5.92 Å². The van der Waals surface area contributed by atoms with E-state index in [-0.39, 0.29) is 0 Å². The largest absolute Gasteiger partial charge is 0.356 e. The van der Waals surface area contributed by atoms with Crippen molar-refractivity contribution in [1.82, 2.24) is 24.5 Å². The predicted molar refractivity (Wildman–Crippen MR) is 81.1 cm³/mol. The summed E-state index contributed by atoms with van der Waals surface area (Å²) in [4.78, 5) is 18.5. The van der Waals surface area contributed by atoms with E-state index in [1.807, 2.05) is 24.9 Å². The quantitative estimate of drug-likeness (QED) is 0.799. The Kier molecular flexibility index (Phi) is 3.06. The van der Waals surface area contributed by atoms with Gasteiger partial charge in [0.15, 0.2) is 0 Å². The van der Waals surface area contributed by atoms with E-state index in [0.29, 0.717) is 5.92 Å². The smallest absolute Gasteiger partial charge is 0.142 e. The first kappa shape index (κ1) is 12.4. The number of fused-ring (bicyclic) bond motifs is 1. The van der Waals surface area contributed by atoms with Crippen LogP contribution in [-0.2, 0) is 6.54 Å². The van der Waals surface area contributed by atoms with Crippen LogP contribution in [-0.4, -0.2) is 37.6 Å². The first-order valence-corrected chi connectivity index (χ1v) is 7.39. The predicted octanol–water partition coefficient (Wildman–Crippen LogP) is 2.07. The Bertz CT molecular complexity index is 717. The van der Waals surface area contributed by atoms with Gasteiger partial charge in [-0.3, -0.25) is 0 Å². The van der Waals surface area contributed by atoms with Crippen molar-refractivity contribution in [3.8, 4) is 0 Å². The molecule has 4 rings (SSSR count). The standard InChI is InChI=1S/C15H18N6/c1-2-12(8-20-7-5-16-11-20)9-21(6-1)15-13-3-4-17-14(13)18-10-19-15/h3-5,7,10-12H,1-2,6,8-9H2,(H,17,18,19). The molecule has 3 aromatic heterocycles. The molecule has 108 valence electrons. The van der Waals surface area contributed by atoms with Gasteiger partial charge in [0.05, 0.1) is 11.7 Å². The van der Waals surface area contributed by atoms with Crippen molar-refractivity contribution in [3.63, 3.8) is 0 Å². The topological polar surface area (TPSA) is 62.6 Å². The van der Waals surface area contributed by atoms with Crippen LogP contribution < -0.4 is 4.90 Å². The number of nitrogens with zero attached hydrogens (tertiary/aromatic N) is 5. The Morgan fingerprint density at radius 2 is 2.33 bits per heavy atom. The lowest BCUT2D eigenvalue weighted by atomic mass is 9.98. The van der Waals surface area contributed by atoms with E-state index < -0.39 is 0 Å². The van der Waals surface area contributed by atoms with Gasteiger partial charge < -0.3 is 14.5 Å². The second kappa shape index (κ2) is 5.20. The van der Waals surface area contributed by atoms with Crippen LogP contribution in [0.25, 0.3) is 11.0 Å². The van der Waals surface area contributed by atoms with E-state index in [2.05, 4.69) is 35.5 Å². The van der Waals surface area contributed by atoms with Crippen LogP contribution in [0.3, 0.4) is 0 Å². The molecule has 6 nitrogen and oxygen atoms in total. The van der Waals surface area contributed by atoms with Gasteiger partial charge in [0.1, 0.15) is 17.8 Å². The summed E-state index contributed by atoms with van der Waals surface area (Å²) < 4.78 is 2.17. The maximum atomic E-state index is 4.51. The molecule has 1 N–H and O–H groups in total. The number of aromatic amines is 1. The van der Waals surface area contributed by atoms with Crippen molar-refractivity contribution in [2.45, 2.75) is 19.4 Å². The lowest BCUT2D eigenvalue weighted by Crippen LogP contribution is -2.37. The Morgan fingerprint density at radius 1 is 1.33 bits per heavy atom. The highest BCUT2D eigenvalue weighted by Gasteiger charge is 2.22. The summed E-state index contributed by atoms with van der Waals surface area (Å²) in [6, 6.07) is 2.06. The number of nitrogens with one attached hydrogen (secondary N) is 1. The van der Waals surface area contributed by atoms with Crippen molar-refractivity contribution in [2.75, 3.05) is 18.0 Å². The Hall–Kier alpha value is -2.37. The fraction of sp³-hybridized carbons (Fsp3) is 0.400. The Balaban J connectivity index is 1.56. The maximum Gasteiger partial charge on any atom is 0.142 e. The first-order valence-electron chi connectivity index (χ1n) is 7.39. The zero-order valence-electron chi connectivity index (χ0n) is 11.8. The molecule has 1 unspecified atom stereocenters. The number of H-pyrrole nitrogens is 1. The highest BCUT2D eigenvalue weighted by Crippen LogP contribution is 2.27. The zero-order valence-corrected chi connectivity index (χ0v) is 11.8. The van der Waals surface area contributed by atoms with Gasteiger partial charge in [-0.25, -0.2) is 15.0 Å². The molecule has 21 heavy (non-hydrogen) atoms. The van der Waals surface area contributed by atoms with Crippen LogP contribution in [0.4, 0.5) is 5.82 Å². The molecule has 0 spiro atoms. The van der Waals surface area contributed by atoms with Crippen LogP contribution in [0.5, 0.6) is 0 Å². The van der Waals surface area contributed by atoms with Gasteiger partial charge in [-0.15, -0.1) is 0 Å². The van der Waals surface area contributed by atoms with Gasteiger partial charge in [-0.2, -0.15) is 0 Å². The highest BCUT2D eigenvalue weighted by atomic mass is 15.2. The number of rotatable bonds is 3. The molecule has 1 atom stereocenters. The van der Waals surface area contributed by atoms with Crippen molar-refractivity contribution in [1.29, 1.82) is 0 Å². The molecule has 0 bridgehead atoms. The average molecular weight is 282 g/mol. The molecule has 0 aromatic carbocycles. The fourth-order valence-corrected chi connectivity index (χ4v) is 3.21. The van der Waals surface area contributed by atoms with E-state index >= 15 is 0 Å². The number of anilines is 1. The minimum atomic E-state index is 0.636. The molecule has 0 amide bonds. The van der Waals surface area contributed by atoms with Crippen LogP contribution in [0.15, 0.2) is 37.3 Å². The Labute approximate surface area is 122 Å². The van der Waals surface area contributed by atoms with Crippen LogP contribution in [0.2, 0.25) is 0 Å². The lowest BCUT2D eigenvalue weighted by molar-refractivity contribution is 0.365. The van der Waals surface area contributed by atoms with Crippen LogP contribution in [0.1, 0.15) is 12.8 Å². The summed E-state index contributed by atoms with van der Waals surface area (Å²) in [5.74, 6) is 1.69. The fourth-order valence-electron chi connectivity index (χ4n) is 3.21. The van der Waals surface area contributed by atoms with Crippen LogP contribution >= 0.6 is 0 Å². The summed E-state index contributed by atoms with van der Waals surface area (Å²) in [5.41, 5.74) is 0.914. The second-order valence-electron chi connectivity index (χ2n) is 5.65. The highest BCUT2D eigenvalue weighted by molar-refractivity contribution is 5.87. The molecule has 1 saturated heterocycles. The minimum Gasteiger partial charge on any atom is -0.356 e. The van der Waals surface area contributed by atoms with E-state index in [0.717, 1.165) is 36.5 Å². The minimum absolute atomic E-state index is 0.636. The molecular formula is C15H18N6. The summed E-state index contributed by atoms with van der Waals surface area (Å²) in [6.45, 7) is 3.13. The van der Waals surface area contributed by atoms with E-state index in [9.17, 15) is 0 Å². The molecule has 4 heterocycles. The molecule has 1 aliphatic heterocycles. The molecule has 1 fully saturated rings. The maximum absolute atomic E-state index is 4.51. The number of piperidine rings is 1. The third-order valence-electron chi connectivity index (χ3n) is 4.18. The number of aromatic nitrogens is 5. The molecule has 0 aliphatic carbocycles. The molecule has 0 radical (unpaired) electrons. The van der Waals surface area contributed by atoms with Crippen molar-refractivity contribution < 1.29 is 0 Å². The van der Waals surface area contributed by atoms with Gasteiger partial charge in [0.25, 0.3) is 0 Å². The van der Waals surface area contributed by atoms with Crippen molar-refractivity contribution >= 4 is 16.9 Å². The lowest BCUT2D eigenvalue weighted by Gasteiger charge is -2.34. The van der Waals surface area contributed by atoms with Gasteiger partial charge in [0, 0.05) is 38.2 Å². The van der Waals surface area contributed by atoms with E-state index in [4.69, 9.17) is 0 Å². The number of hydrogen-bond donors (Lipinski definition) is 1. The zero-order chi connectivity index (χ0) is 14.1. The molecule has 1 aliphatic rings. The van der Waals surface area contributed by atoms with Gasteiger partial charge in [-0.05, 0) is 24.8 Å². The third-order valence-corrected chi connectivity index (χ3v) is 4.18. The van der Waals surface area contributed by atoms with E-state index in [1.165, 1.54) is 12.8 Å². The summed E-state index contributed by atoms with van der Waals surface area (Å²) in [7, 11) is 0. The summed E-state index contributed by atoms with van der Waals surface area (Å²) >= 11 is 0. The SMILES string of the molecule is c1cn(CC2CCCN(c3ncnc4[nH]ccc34)C2)cn1. The molecule has 6 heteroatoms. The molecular weight excluding hydrogens is 264 g/mol. The molecule has 3 aromatic rings. The van der Waals surface area contributed by atoms with E-state index in [1.54, 1.807) is 6.33 Å². The Morgan fingerprint density at radius 3 is 3.24 bits per heavy atom. The first-order chi connectivity index (χ1) is 10.4.